The number of rotatable bonds is 4. The normalized spacial score (nSPS) is 14.6. The van der Waals surface area contributed by atoms with Crippen molar-refractivity contribution >= 4 is 0 Å². The maximum Gasteiger partial charge on any atom is 0.165 e. The Bertz CT molecular complexity index is 339. The predicted molar refractivity (Wildman–Crippen MR) is 64.0 cm³/mol. The van der Waals surface area contributed by atoms with Crippen LogP contribution in [0.15, 0.2) is 18.2 Å². The summed E-state index contributed by atoms with van der Waals surface area (Å²) in [5.41, 5.74) is 1.19. The quantitative estimate of drug-likeness (QED) is 0.792. The van der Waals surface area contributed by atoms with Crippen LogP contribution in [0, 0.1) is 0 Å². The molecular formula is C13H19NO2. The summed E-state index contributed by atoms with van der Waals surface area (Å²) >= 11 is 0. The molecule has 0 aliphatic carbocycles. The van der Waals surface area contributed by atoms with E-state index in [9.17, 15) is 0 Å². The minimum atomic E-state index is 0.748. The summed E-state index contributed by atoms with van der Waals surface area (Å²) in [6.45, 7) is 5.54. The number of nitrogens with one attached hydrogen (secondary N) is 1. The molecule has 0 aromatic heterocycles. The first-order valence-corrected chi connectivity index (χ1v) is 6.00. The van der Waals surface area contributed by atoms with Gasteiger partial charge in [-0.05, 0) is 19.0 Å². The lowest BCUT2D eigenvalue weighted by Crippen LogP contribution is -2.14. The second kappa shape index (κ2) is 5.75. The average Bonchev–Trinajstić information content (AvgIpc) is 2.55. The summed E-state index contributed by atoms with van der Waals surface area (Å²) in [4.78, 5) is 0. The van der Waals surface area contributed by atoms with Crippen LogP contribution in [0.3, 0.4) is 0 Å². The van der Waals surface area contributed by atoms with Crippen LogP contribution in [-0.4, -0.2) is 19.8 Å². The highest BCUT2D eigenvalue weighted by Crippen LogP contribution is 2.32. The lowest BCUT2D eigenvalue weighted by atomic mass is 10.2. The Hall–Kier alpha value is -1.22. The van der Waals surface area contributed by atoms with Crippen LogP contribution in [0.5, 0.6) is 11.5 Å². The second-order valence-corrected chi connectivity index (χ2v) is 3.97. The van der Waals surface area contributed by atoms with E-state index in [4.69, 9.17) is 9.47 Å². The van der Waals surface area contributed by atoms with Gasteiger partial charge in [0.15, 0.2) is 11.5 Å². The van der Waals surface area contributed by atoms with E-state index in [1.165, 1.54) is 5.56 Å². The van der Waals surface area contributed by atoms with Gasteiger partial charge in [0.05, 0.1) is 13.2 Å². The Morgan fingerprint density at radius 3 is 3.00 bits per heavy atom. The van der Waals surface area contributed by atoms with E-state index in [1.54, 1.807) is 0 Å². The highest BCUT2D eigenvalue weighted by atomic mass is 16.5. The van der Waals surface area contributed by atoms with Gasteiger partial charge in [0.1, 0.15) is 0 Å². The number of para-hydroxylation sites is 1. The van der Waals surface area contributed by atoms with Crippen LogP contribution in [0.25, 0.3) is 0 Å². The largest absolute Gasteiger partial charge is 0.490 e. The van der Waals surface area contributed by atoms with Gasteiger partial charge in [-0.25, -0.2) is 0 Å². The topological polar surface area (TPSA) is 30.5 Å². The molecule has 0 saturated heterocycles. The standard InChI is InChI=1S/C13H19NO2/c1-2-7-14-10-11-5-3-6-12-13(11)16-9-4-8-15-12/h3,5-6,14H,2,4,7-10H2,1H3. The van der Waals surface area contributed by atoms with Crippen molar-refractivity contribution in [3.05, 3.63) is 23.8 Å². The van der Waals surface area contributed by atoms with Crippen LogP contribution in [0.2, 0.25) is 0 Å². The molecule has 0 radical (unpaired) electrons. The van der Waals surface area contributed by atoms with Gasteiger partial charge in [0.2, 0.25) is 0 Å². The van der Waals surface area contributed by atoms with Crippen molar-refractivity contribution in [1.82, 2.24) is 5.32 Å². The molecule has 16 heavy (non-hydrogen) atoms. The minimum Gasteiger partial charge on any atom is -0.490 e. The minimum absolute atomic E-state index is 0.748. The molecule has 1 aromatic carbocycles. The van der Waals surface area contributed by atoms with Crippen molar-refractivity contribution in [2.45, 2.75) is 26.3 Å². The van der Waals surface area contributed by atoms with Gasteiger partial charge in [-0.1, -0.05) is 19.1 Å². The predicted octanol–water partition coefficient (Wildman–Crippen LogP) is 2.35. The number of benzene rings is 1. The molecule has 88 valence electrons. The van der Waals surface area contributed by atoms with E-state index < -0.39 is 0 Å². The first kappa shape index (κ1) is 11.3. The van der Waals surface area contributed by atoms with Gasteiger partial charge in [-0.2, -0.15) is 0 Å². The van der Waals surface area contributed by atoms with Crippen molar-refractivity contribution in [1.29, 1.82) is 0 Å². The lowest BCUT2D eigenvalue weighted by Gasteiger charge is -2.12. The van der Waals surface area contributed by atoms with Gasteiger partial charge in [-0.3, -0.25) is 0 Å². The van der Waals surface area contributed by atoms with Crippen LogP contribution < -0.4 is 14.8 Å². The fraction of sp³-hybridized carbons (Fsp3) is 0.538. The molecule has 1 heterocycles. The molecule has 1 N–H and O–H groups in total. The lowest BCUT2D eigenvalue weighted by molar-refractivity contribution is 0.296. The fourth-order valence-electron chi connectivity index (χ4n) is 1.79. The van der Waals surface area contributed by atoms with Crippen molar-refractivity contribution in [3.8, 4) is 11.5 Å². The SMILES string of the molecule is CCCNCc1cccc2c1OCCCO2. The molecule has 0 atom stereocenters. The zero-order valence-corrected chi connectivity index (χ0v) is 9.79. The Kier molecular flexibility index (Phi) is 4.05. The third-order valence-electron chi connectivity index (χ3n) is 2.60. The smallest absolute Gasteiger partial charge is 0.165 e. The molecule has 0 unspecified atom stereocenters. The zero-order chi connectivity index (χ0) is 11.2. The highest BCUT2D eigenvalue weighted by molar-refractivity contribution is 5.46. The summed E-state index contributed by atoms with van der Waals surface area (Å²) in [7, 11) is 0. The Morgan fingerprint density at radius 1 is 1.25 bits per heavy atom. The molecule has 0 saturated carbocycles. The van der Waals surface area contributed by atoms with Crippen molar-refractivity contribution in [2.24, 2.45) is 0 Å². The molecule has 0 fully saturated rings. The van der Waals surface area contributed by atoms with Crippen LogP contribution in [0.1, 0.15) is 25.3 Å². The van der Waals surface area contributed by atoms with Gasteiger partial charge in [-0.15, -0.1) is 0 Å². The van der Waals surface area contributed by atoms with E-state index in [2.05, 4.69) is 18.3 Å². The van der Waals surface area contributed by atoms with Gasteiger partial charge < -0.3 is 14.8 Å². The number of hydrogen-bond acceptors (Lipinski definition) is 3. The van der Waals surface area contributed by atoms with Crippen LogP contribution in [-0.2, 0) is 6.54 Å². The number of hydrogen-bond donors (Lipinski definition) is 1. The second-order valence-electron chi connectivity index (χ2n) is 3.97. The summed E-state index contributed by atoms with van der Waals surface area (Å²) in [6, 6.07) is 6.09. The monoisotopic (exact) mass is 221 g/mol. The number of fused-ring (bicyclic) bond motifs is 1. The molecule has 3 heteroatoms. The maximum absolute atomic E-state index is 5.75. The molecule has 1 aliphatic rings. The number of ether oxygens (including phenoxy) is 2. The fourth-order valence-corrected chi connectivity index (χ4v) is 1.79. The Morgan fingerprint density at radius 2 is 2.12 bits per heavy atom. The van der Waals surface area contributed by atoms with Gasteiger partial charge in [0, 0.05) is 18.5 Å². The third-order valence-corrected chi connectivity index (χ3v) is 2.60. The maximum atomic E-state index is 5.75. The summed E-state index contributed by atoms with van der Waals surface area (Å²) in [6.07, 6.45) is 2.10. The first-order valence-electron chi connectivity index (χ1n) is 6.00. The molecule has 0 bridgehead atoms. The van der Waals surface area contributed by atoms with Crippen molar-refractivity contribution in [2.75, 3.05) is 19.8 Å². The van der Waals surface area contributed by atoms with Gasteiger partial charge >= 0.3 is 0 Å². The van der Waals surface area contributed by atoms with E-state index in [1.807, 2.05) is 12.1 Å². The molecule has 1 aliphatic heterocycles. The van der Waals surface area contributed by atoms with Gasteiger partial charge in [0.25, 0.3) is 0 Å². The summed E-state index contributed by atoms with van der Waals surface area (Å²) in [5.74, 6) is 1.80. The van der Waals surface area contributed by atoms with Crippen LogP contribution >= 0.6 is 0 Å². The van der Waals surface area contributed by atoms with Crippen molar-refractivity contribution < 1.29 is 9.47 Å². The zero-order valence-electron chi connectivity index (χ0n) is 9.79. The molecule has 2 rings (SSSR count). The van der Waals surface area contributed by atoms with E-state index in [-0.39, 0.29) is 0 Å². The first-order chi connectivity index (χ1) is 7.92. The molecule has 3 nitrogen and oxygen atoms in total. The average molecular weight is 221 g/mol. The third kappa shape index (κ3) is 2.67. The summed E-state index contributed by atoms with van der Waals surface area (Å²) in [5, 5.41) is 3.39. The molecule has 0 amide bonds. The van der Waals surface area contributed by atoms with E-state index in [0.717, 1.165) is 50.6 Å². The van der Waals surface area contributed by atoms with E-state index >= 15 is 0 Å². The van der Waals surface area contributed by atoms with E-state index in [0.29, 0.717) is 0 Å². The highest BCUT2D eigenvalue weighted by Gasteiger charge is 2.13. The molecular weight excluding hydrogens is 202 g/mol. The molecule has 1 aromatic rings. The van der Waals surface area contributed by atoms with Crippen LogP contribution in [0.4, 0.5) is 0 Å². The van der Waals surface area contributed by atoms with Crippen molar-refractivity contribution in [3.63, 3.8) is 0 Å². The summed E-state index contributed by atoms with van der Waals surface area (Å²) < 4.78 is 11.4. The molecule has 0 spiro atoms. The Labute approximate surface area is 96.8 Å². The Balaban J connectivity index is 2.11.